The third kappa shape index (κ3) is 3.71. The molecule has 1 aromatic carbocycles. The van der Waals surface area contributed by atoms with Crippen molar-refractivity contribution in [3.63, 3.8) is 0 Å². The average molecular weight is 317 g/mol. The fourth-order valence-electron chi connectivity index (χ4n) is 2.26. The quantitative estimate of drug-likeness (QED) is 0.927. The van der Waals surface area contributed by atoms with Crippen LogP contribution in [0.4, 0.5) is 5.69 Å². The number of carbonyl (C=O) groups is 1. The van der Waals surface area contributed by atoms with E-state index in [1.807, 2.05) is 0 Å². The van der Waals surface area contributed by atoms with Crippen molar-refractivity contribution in [2.75, 3.05) is 24.7 Å². The normalized spacial score (nSPS) is 20.6. The van der Waals surface area contributed by atoms with Gasteiger partial charge in [0.25, 0.3) is 0 Å². The molecule has 1 N–H and O–H groups in total. The summed E-state index contributed by atoms with van der Waals surface area (Å²) in [6.07, 6.45) is 2.54. The third-order valence-electron chi connectivity index (χ3n) is 3.36. The Kier molecular flexibility index (Phi) is 4.67. The Balaban J connectivity index is 2.04. The minimum Gasteiger partial charge on any atom is -0.324 e. The van der Waals surface area contributed by atoms with E-state index in [1.165, 1.54) is 10.6 Å². The first kappa shape index (κ1) is 15.3. The van der Waals surface area contributed by atoms with Crippen LogP contribution < -0.4 is 5.32 Å². The number of amides is 1. The number of nitrogens with zero attached hydrogens (tertiary/aromatic N) is 1. The Morgan fingerprint density at radius 2 is 2.10 bits per heavy atom. The van der Waals surface area contributed by atoms with Gasteiger partial charge in [-0.05, 0) is 25.0 Å². The predicted molar refractivity (Wildman–Crippen MR) is 79.2 cm³/mol. The number of sulfonamides is 1. The molecular weight excluding hydrogens is 300 g/mol. The number of hydrogen-bond donors (Lipinski definition) is 1. The standard InChI is InChI=1S/C13H17ClN2O3S/c1-20(18,19)16-8-4-5-10(9-16)13(17)15-12-7-3-2-6-11(12)14/h2-3,6-7,10H,4-5,8-9H2,1H3,(H,15,17)/t10-/m1/s1. The molecule has 1 heterocycles. The van der Waals surface area contributed by atoms with Crippen molar-refractivity contribution in [3.05, 3.63) is 29.3 Å². The fraction of sp³-hybridized carbons (Fsp3) is 0.462. The molecule has 0 saturated carbocycles. The molecule has 110 valence electrons. The first-order valence-electron chi connectivity index (χ1n) is 6.38. The fourth-order valence-corrected chi connectivity index (χ4v) is 3.35. The van der Waals surface area contributed by atoms with E-state index < -0.39 is 10.0 Å². The Hall–Kier alpha value is -1.11. The second-order valence-electron chi connectivity index (χ2n) is 4.93. The third-order valence-corrected chi connectivity index (χ3v) is 4.95. The molecule has 0 bridgehead atoms. The lowest BCUT2D eigenvalue weighted by atomic mass is 9.99. The zero-order valence-corrected chi connectivity index (χ0v) is 12.7. The molecule has 1 aromatic rings. The Morgan fingerprint density at radius 1 is 1.40 bits per heavy atom. The molecule has 0 spiro atoms. The molecule has 7 heteroatoms. The van der Waals surface area contributed by atoms with Crippen LogP contribution in [0.3, 0.4) is 0 Å². The lowest BCUT2D eigenvalue weighted by molar-refractivity contribution is -0.120. The van der Waals surface area contributed by atoms with E-state index in [0.717, 1.165) is 0 Å². The molecule has 0 unspecified atom stereocenters. The van der Waals surface area contributed by atoms with Crippen LogP contribution in [0.25, 0.3) is 0 Å². The maximum atomic E-state index is 12.2. The molecule has 2 rings (SSSR count). The predicted octanol–water partition coefficient (Wildman–Crippen LogP) is 1.95. The molecule has 5 nitrogen and oxygen atoms in total. The lowest BCUT2D eigenvalue weighted by Gasteiger charge is -2.30. The summed E-state index contributed by atoms with van der Waals surface area (Å²) in [5, 5.41) is 3.23. The van der Waals surface area contributed by atoms with Crippen molar-refractivity contribution in [1.29, 1.82) is 0 Å². The number of nitrogens with one attached hydrogen (secondary N) is 1. The van der Waals surface area contributed by atoms with Crippen molar-refractivity contribution < 1.29 is 13.2 Å². The van der Waals surface area contributed by atoms with E-state index >= 15 is 0 Å². The van der Waals surface area contributed by atoms with Crippen LogP contribution in [-0.4, -0.2) is 38.0 Å². The molecule has 0 radical (unpaired) electrons. The van der Waals surface area contributed by atoms with Gasteiger partial charge in [0.15, 0.2) is 0 Å². The van der Waals surface area contributed by atoms with Gasteiger partial charge in [0.2, 0.25) is 15.9 Å². The zero-order chi connectivity index (χ0) is 14.8. The van der Waals surface area contributed by atoms with Gasteiger partial charge in [0.1, 0.15) is 0 Å². The first-order valence-corrected chi connectivity index (χ1v) is 8.61. The van der Waals surface area contributed by atoms with Crippen molar-refractivity contribution in [3.8, 4) is 0 Å². The summed E-state index contributed by atoms with van der Waals surface area (Å²) in [4.78, 5) is 12.2. The van der Waals surface area contributed by atoms with Gasteiger partial charge >= 0.3 is 0 Å². The van der Waals surface area contributed by atoms with Crippen LogP contribution in [0, 0.1) is 5.92 Å². The van der Waals surface area contributed by atoms with Crippen LogP contribution in [0.15, 0.2) is 24.3 Å². The topological polar surface area (TPSA) is 66.5 Å². The molecule has 1 atom stereocenters. The van der Waals surface area contributed by atoms with Crippen LogP contribution in [-0.2, 0) is 14.8 Å². The number of anilines is 1. The molecule has 0 aromatic heterocycles. The number of para-hydroxylation sites is 1. The highest BCUT2D eigenvalue weighted by Crippen LogP contribution is 2.24. The number of hydrogen-bond acceptors (Lipinski definition) is 3. The number of benzene rings is 1. The molecule has 1 aliphatic heterocycles. The molecule has 1 fully saturated rings. The summed E-state index contributed by atoms with van der Waals surface area (Å²) in [5.74, 6) is -0.527. The molecule has 1 aliphatic rings. The van der Waals surface area contributed by atoms with Gasteiger partial charge in [0.05, 0.1) is 22.9 Å². The van der Waals surface area contributed by atoms with Crippen molar-refractivity contribution in [2.24, 2.45) is 5.92 Å². The molecule has 20 heavy (non-hydrogen) atoms. The van der Waals surface area contributed by atoms with E-state index in [-0.39, 0.29) is 18.4 Å². The summed E-state index contributed by atoms with van der Waals surface area (Å²) in [5.41, 5.74) is 0.552. The van der Waals surface area contributed by atoms with Crippen LogP contribution >= 0.6 is 11.6 Å². The summed E-state index contributed by atoms with van der Waals surface area (Å²) in [6, 6.07) is 6.98. The van der Waals surface area contributed by atoms with E-state index in [4.69, 9.17) is 11.6 Å². The van der Waals surface area contributed by atoms with E-state index in [9.17, 15) is 13.2 Å². The van der Waals surface area contributed by atoms with Crippen molar-refractivity contribution in [1.82, 2.24) is 4.31 Å². The van der Waals surface area contributed by atoms with Gasteiger partial charge in [-0.15, -0.1) is 0 Å². The van der Waals surface area contributed by atoms with E-state index in [1.54, 1.807) is 24.3 Å². The number of halogens is 1. The van der Waals surface area contributed by atoms with E-state index in [2.05, 4.69) is 5.32 Å². The van der Waals surface area contributed by atoms with Crippen LogP contribution in [0.5, 0.6) is 0 Å². The second-order valence-corrected chi connectivity index (χ2v) is 7.32. The smallest absolute Gasteiger partial charge is 0.228 e. The van der Waals surface area contributed by atoms with Gasteiger partial charge < -0.3 is 5.32 Å². The van der Waals surface area contributed by atoms with Gasteiger partial charge in [-0.2, -0.15) is 0 Å². The maximum Gasteiger partial charge on any atom is 0.228 e. The highest BCUT2D eigenvalue weighted by Gasteiger charge is 2.30. The minimum atomic E-state index is -3.25. The minimum absolute atomic E-state index is 0.188. The monoisotopic (exact) mass is 316 g/mol. The summed E-state index contributed by atoms with van der Waals surface area (Å²) < 4.78 is 24.4. The Morgan fingerprint density at radius 3 is 2.75 bits per heavy atom. The van der Waals surface area contributed by atoms with Crippen molar-refractivity contribution in [2.45, 2.75) is 12.8 Å². The number of piperidine rings is 1. The summed E-state index contributed by atoms with van der Waals surface area (Å²) in [6.45, 7) is 0.712. The Bertz CT molecular complexity index is 603. The van der Waals surface area contributed by atoms with Gasteiger partial charge in [0, 0.05) is 13.1 Å². The Labute approximate surface area is 124 Å². The highest BCUT2D eigenvalue weighted by molar-refractivity contribution is 7.88. The van der Waals surface area contributed by atoms with E-state index in [0.29, 0.717) is 30.1 Å². The van der Waals surface area contributed by atoms with Gasteiger partial charge in [-0.3, -0.25) is 4.79 Å². The molecule has 1 saturated heterocycles. The second kappa shape index (κ2) is 6.11. The lowest BCUT2D eigenvalue weighted by Crippen LogP contribution is -2.43. The summed E-state index contributed by atoms with van der Waals surface area (Å²) in [7, 11) is -3.25. The SMILES string of the molecule is CS(=O)(=O)N1CCC[C@@H](C(=O)Nc2ccccc2Cl)C1. The zero-order valence-electron chi connectivity index (χ0n) is 11.2. The number of carbonyl (C=O) groups excluding carboxylic acids is 1. The average Bonchev–Trinajstić information content (AvgIpc) is 2.40. The maximum absolute atomic E-state index is 12.2. The van der Waals surface area contributed by atoms with Gasteiger partial charge in [-0.25, -0.2) is 12.7 Å². The summed E-state index contributed by atoms with van der Waals surface area (Å²) >= 11 is 5.99. The molecular formula is C13H17ClN2O3S. The van der Waals surface area contributed by atoms with Crippen LogP contribution in [0.1, 0.15) is 12.8 Å². The van der Waals surface area contributed by atoms with Crippen molar-refractivity contribution >= 4 is 33.2 Å². The van der Waals surface area contributed by atoms with Gasteiger partial charge in [-0.1, -0.05) is 23.7 Å². The van der Waals surface area contributed by atoms with Crippen LogP contribution in [0.2, 0.25) is 5.02 Å². The first-order chi connectivity index (χ1) is 9.38. The number of rotatable bonds is 3. The molecule has 1 amide bonds. The largest absolute Gasteiger partial charge is 0.324 e. The highest BCUT2D eigenvalue weighted by atomic mass is 35.5. The molecule has 0 aliphatic carbocycles.